The Balaban J connectivity index is 2.39. The lowest BCUT2D eigenvalue weighted by atomic mass is 9.88. The van der Waals surface area contributed by atoms with Crippen LogP contribution in [0.2, 0.25) is 0 Å². The standard InChI is InChI=1S/C16H29NOS/c1-15(2,3)14-8-7-13(19-14)11-17-12-16(4,5)9-6-10-18/h7-8,17-18H,6,9-12H2,1-5H3. The minimum atomic E-state index is 0.253. The largest absolute Gasteiger partial charge is 0.396 e. The van der Waals surface area contributed by atoms with Crippen LogP contribution >= 0.6 is 11.3 Å². The average molecular weight is 283 g/mol. The monoisotopic (exact) mass is 283 g/mol. The van der Waals surface area contributed by atoms with Gasteiger partial charge < -0.3 is 10.4 Å². The molecule has 0 amide bonds. The number of nitrogens with one attached hydrogen (secondary N) is 1. The van der Waals surface area contributed by atoms with Gasteiger partial charge in [0.25, 0.3) is 0 Å². The van der Waals surface area contributed by atoms with Crippen LogP contribution in [0, 0.1) is 5.41 Å². The van der Waals surface area contributed by atoms with Crippen LogP contribution in [-0.2, 0) is 12.0 Å². The van der Waals surface area contributed by atoms with E-state index in [9.17, 15) is 0 Å². The smallest absolute Gasteiger partial charge is 0.0431 e. The number of hydrogen-bond acceptors (Lipinski definition) is 3. The first-order valence-electron chi connectivity index (χ1n) is 7.15. The van der Waals surface area contributed by atoms with Crippen LogP contribution in [0.25, 0.3) is 0 Å². The Labute approximate surface area is 122 Å². The summed E-state index contributed by atoms with van der Waals surface area (Å²) in [6.07, 6.45) is 1.95. The van der Waals surface area contributed by atoms with E-state index in [1.165, 1.54) is 9.75 Å². The molecule has 19 heavy (non-hydrogen) atoms. The second-order valence-electron chi connectivity index (χ2n) is 7.11. The first-order valence-corrected chi connectivity index (χ1v) is 7.97. The van der Waals surface area contributed by atoms with Crippen LogP contribution < -0.4 is 5.32 Å². The lowest BCUT2D eigenvalue weighted by molar-refractivity contribution is 0.236. The lowest BCUT2D eigenvalue weighted by Gasteiger charge is -2.24. The van der Waals surface area contributed by atoms with Crippen molar-refractivity contribution in [2.45, 2.75) is 59.4 Å². The SMILES string of the molecule is CC(C)(CCCO)CNCc1ccc(C(C)(C)C)s1. The van der Waals surface area contributed by atoms with Gasteiger partial charge in [0.05, 0.1) is 0 Å². The van der Waals surface area contributed by atoms with E-state index in [1.54, 1.807) is 0 Å². The van der Waals surface area contributed by atoms with E-state index >= 15 is 0 Å². The van der Waals surface area contributed by atoms with E-state index in [0.717, 1.165) is 25.9 Å². The molecule has 0 fully saturated rings. The Kier molecular flexibility index (Phi) is 6.03. The quantitative estimate of drug-likeness (QED) is 0.794. The summed E-state index contributed by atoms with van der Waals surface area (Å²) < 4.78 is 0. The van der Waals surface area contributed by atoms with Crippen molar-refractivity contribution in [3.05, 3.63) is 21.9 Å². The van der Waals surface area contributed by atoms with Crippen LogP contribution in [0.1, 0.15) is 57.2 Å². The van der Waals surface area contributed by atoms with Gasteiger partial charge in [0, 0.05) is 29.5 Å². The van der Waals surface area contributed by atoms with Crippen molar-refractivity contribution in [1.82, 2.24) is 5.32 Å². The highest BCUT2D eigenvalue weighted by molar-refractivity contribution is 7.12. The van der Waals surface area contributed by atoms with E-state index in [4.69, 9.17) is 5.11 Å². The molecule has 1 aromatic heterocycles. The molecule has 0 aromatic carbocycles. The molecule has 2 N–H and O–H groups in total. The molecule has 0 aliphatic rings. The molecule has 0 aliphatic heterocycles. The fourth-order valence-corrected chi connectivity index (χ4v) is 3.08. The molecule has 0 unspecified atom stereocenters. The van der Waals surface area contributed by atoms with Gasteiger partial charge in [0.1, 0.15) is 0 Å². The molecule has 3 heteroatoms. The van der Waals surface area contributed by atoms with Crippen LogP contribution in [-0.4, -0.2) is 18.3 Å². The predicted molar refractivity (Wildman–Crippen MR) is 84.8 cm³/mol. The molecular weight excluding hydrogens is 254 g/mol. The van der Waals surface area contributed by atoms with E-state index in [2.05, 4.69) is 52.1 Å². The highest BCUT2D eigenvalue weighted by Gasteiger charge is 2.18. The van der Waals surface area contributed by atoms with Crippen molar-refractivity contribution in [3.8, 4) is 0 Å². The summed E-state index contributed by atoms with van der Waals surface area (Å²) in [6.45, 7) is 13.5. The second kappa shape index (κ2) is 6.87. The molecule has 2 nitrogen and oxygen atoms in total. The maximum Gasteiger partial charge on any atom is 0.0431 e. The van der Waals surface area contributed by atoms with Gasteiger partial charge in [-0.25, -0.2) is 0 Å². The Morgan fingerprint density at radius 2 is 1.84 bits per heavy atom. The zero-order chi connectivity index (χ0) is 14.5. The fourth-order valence-electron chi connectivity index (χ4n) is 2.05. The number of rotatable bonds is 7. The molecule has 0 aliphatic carbocycles. The van der Waals surface area contributed by atoms with Crippen molar-refractivity contribution in [3.63, 3.8) is 0 Å². The van der Waals surface area contributed by atoms with E-state index < -0.39 is 0 Å². The Bertz CT molecular complexity index is 376. The van der Waals surface area contributed by atoms with Crippen LogP contribution in [0.4, 0.5) is 0 Å². The fraction of sp³-hybridized carbons (Fsp3) is 0.750. The highest BCUT2D eigenvalue weighted by atomic mass is 32.1. The first kappa shape index (κ1) is 16.7. The second-order valence-corrected chi connectivity index (χ2v) is 8.28. The van der Waals surface area contributed by atoms with Crippen LogP contribution in [0.3, 0.4) is 0 Å². The molecule has 0 radical (unpaired) electrons. The Hall–Kier alpha value is -0.380. The molecule has 0 bridgehead atoms. The number of aliphatic hydroxyl groups is 1. The zero-order valence-corrected chi connectivity index (χ0v) is 13.9. The van der Waals surface area contributed by atoms with Gasteiger partial charge in [-0.2, -0.15) is 0 Å². The van der Waals surface area contributed by atoms with Gasteiger partial charge in [-0.3, -0.25) is 0 Å². The minimum absolute atomic E-state index is 0.253. The van der Waals surface area contributed by atoms with Crippen molar-refractivity contribution in [1.29, 1.82) is 0 Å². The molecule has 1 heterocycles. The molecule has 1 aromatic rings. The van der Waals surface area contributed by atoms with Gasteiger partial charge >= 0.3 is 0 Å². The van der Waals surface area contributed by atoms with E-state index in [0.29, 0.717) is 6.61 Å². The third-order valence-electron chi connectivity index (χ3n) is 3.32. The normalized spacial score (nSPS) is 12.9. The summed E-state index contributed by atoms with van der Waals surface area (Å²) in [5.41, 5.74) is 0.510. The summed E-state index contributed by atoms with van der Waals surface area (Å²) in [6, 6.07) is 4.48. The van der Waals surface area contributed by atoms with Gasteiger partial charge in [-0.15, -0.1) is 11.3 Å². The van der Waals surface area contributed by atoms with Gasteiger partial charge in [0.15, 0.2) is 0 Å². The average Bonchev–Trinajstić information content (AvgIpc) is 2.74. The number of hydrogen-bond donors (Lipinski definition) is 2. The van der Waals surface area contributed by atoms with Crippen molar-refractivity contribution >= 4 is 11.3 Å². The highest BCUT2D eigenvalue weighted by Crippen LogP contribution is 2.29. The van der Waals surface area contributed by atoms with Gasteiger partial charge in [-0.05, 0) is 35.8 Å². The third-order valence-corrected chi connectivity index (χ3v) is 4.83. The van der Waals surface area contributed by atoms with Crippen LogP contribution in [0.15, 0.2) is 12.1 Å². The first-order chi connectivity index (χ1) is 8.74. The summed E-state index contributed by atoms with van der Waals surface area (Å²) in [4.78, 5) is 2.85. The van der Waals surface area contributed by atoms with Crippen molar-refractivity contribution in [2.75, 3.05) is 13.2 Å². The summed E-state index contributed by atoms with van der Waals surface area (Å²) in [5, 5.41) is 12.4. The molecule has 0 saturated carbocycles. The summed E-state index contributed by atoms with van der Waals surface area (Å²) in [7, 11) is 0. The molecule has 110 valence electrons. The molecule has 0 saturated heterocycles. The molecular formula is C16H29NOS. The zero-order valence-electron chi connectivity index (χ0n) is 13.0. The Morgan fingerprint density at radius 3 is 2.37 bits per heavy atom. The van der Waals surface area contributed by atoms with E-state index in [-0.39, 0.29) is 10.8 Å². The van der Waals surface area contributed by atoms with Gasteiger partial charge in [0.2, 0.25) is 0 Å². The van der Waals surface area contributed by atoms with Crippen molar-refractivity contribution < 1.29 is 5.11 Å². The molecule has 0 atom stereocenters. The van der Waals surface area contributed by atoms with Crippen LogP contribution in [0.5, 0.6) is 0 Å². The molecule has 1 rings (SSSR count). The predicted octanol–water partition coefficient (Wildman–Crippen LogP) is 3.93. The number of aliphatic hydroxyl groups excluding tert-OH is 1. The van der Waals surface area contributed by atoms with E-state index in [1.807, 2.05) is 11.3 Å². The lowest BCUT2D eigenvalue weighted by Crippen LogP contribution is -2.29. The topological polar surface area (TPSA) is 32.3 Å². The third kappa shape index (κ3) is 6.07. The van der Waals surface area contributed by atoms with Gasteiger partial charge in [-0.1, -0.05) is 34.6 Å². The summed E-state index contributed by atoms with van der Waals surface area (Å²) >= 11 is 1.91. The maximum absolute atomic E-state index is 8.89. The summed E-state index contributed by atoms with van der Waals surface area (Å²) in [5.74, 6) is 0. The minimum Gasteiger partial charge on any atom is -0.396 e. The molecule has 0 spiro atoms. The van der Waals surface area contributed by atoms with Crippen molar-refractivity contribution in [2.24, 2.45) is 5.41 Å². The number of thiophene rings is 1. The maximum atomic E-state index is 8.89. The Morgan fingerprint density at radius 1 is 1.16 bits per heavy atom.